The maximum atomic E-state index is 6.04. The van der Waals surface area contributed by atoms with Crippen LogP contribution in [0.2, 0.25) is 5.02 Å². The summed E-state index contributed by atoms with van der Waals surface area (Å²) in [5, 5.41) is 4.43. The minimum atomic E-state index is 0.647. The van der Waals surface area contributed by atoms with Crippen LogP contribution >= 0.6 is 11.6 Å². The molecule has 0 unspecified atom stereocenters. The van der Waals surface area contributed by atoms with Crippen LogP contribution in [0.3, 0.4) is 0 Å². The summed E-state index contributed by atoms with van der Waals surface area (Å²) in [6, 6.07) is 8.32. The Bertz CT molecular complexity index is 675. The van der Waals surface area contributed by atoms with E-state index in [4.69, 9.17) is 16.0 Å². The quantitative estimate of drug-likeness (QED) is 0.860. The van der Waals surface area contributed by atoms with Crippen molar-refractivity contribution in [2.45, 2.75) is 38.3 Å². The Hall–Kier alpha value is -1.36. The standard InChI is InChI=1S/C19H24ClN3O/c20-16-3-1-2-15(10-16)19-22-18(13-24-19)12-23-8-6-17(7-9-23)21-11-14-4-5-14/h1-3,10,13-14,17,21H,4-9,11-12H2. The molecule has 0 atom stereocenters. The molecule has 0 bridgehead atoms. The van der Waals surface area contributed by atoms with Crippen molar-refractivity contribution in [3.8, 4) is 11.5 Å². The van der Waals surface area contributed by atoms with E-state index >= 15 is 0 Å². The van der Waals surface area contributed by atoms with Gasteiger partial charge in [-0.15, -0.1) is 0 Å². The second kappa shape index (κ2) is 7.26. The SMILES string of the molecule is Clc1cccc(-c2nc(CN3CCC(NCC4CC4)CC3)co2)c1. The summed E-state index contributed by atoms with van der Waals surface area (Å²) >= 11 is 6.04. The van der Waals surface area contributed by atoms with Gasteiger partial charge < -0.3 is 9.73 Å². The van der Waals surface area contributed by atoms with E-state index in [0.717, 1.165) is 36.8 Å². The lowest BCUT2D eigenvalue weighted by Gasteiger charge is -2.31. The van der Waals surface area contributed by atoms with Gasteiger partial charge in [0.25, 0.3) is 0 Å². The monoisotopic (exact) mass is 345 g/mol. The predicted molar refractivity (Wildman–Crippen MR) is 96.0 cm³/mol. The van der Waals surface area contributed by atoms with Crippen molar-refractivity contribution >= 4 is 11.6 Å². The maximum absolute atomic E-state index is 6.04. The van der Waals surface area contributed by atoms with Crippen molar-refractivity contribution < 1.29 is 4.42 Å². The molecule has 1 aliphatic heterocycles. The van der Waals surface area contributed by atoms with Crippen molar-refractivity contribution in [2.75, 3.05) is 19.6 Å². The summed E-state index contributed by atoms with van der Waals surface area (Å²) in [4.78, 5) is 7.09. The Morgan fingerprint density at radius 3 is 2.79 bits per heavy atom. The smallest absolute Gasteiger partial charge is 0.226 e. The summed E-state index contributed by atoms with van der Waals surface area (Å²) in [7, 11) is 0. The molecule has 0 radical (unpaired) electrons. The summed E-state index contributed by atoms with van der Waals surface area (Å²) in [5.74, 6) is 1.61. The predicted octanol–water partition coefficient (Wildman–Crippen LogP) is 3.96. The Labute approximate surface area is 148 Å². The topological polar surface area (TPSA) is 41.3 Å². The molecule has 4 nitrogen and oxygen atoms in total. The zero-order valence-corrected chi connectivity index (χ0v) is 14.6. The third kappa shape index (κ3) is 4.18. The molecule has 2 aromatic rings. The van der Waals surface area contributed by atoms with Crippen LogP contribution in [-0.2, 0) is 6.54 Å². The number of nitrogens with zero attached hydrogens (tertiary/aromatic N) is 2. The molecule has 1 saturated heterocycles. The lowest BCUT2D eigenvalue weighted by atomic mass is 10.0. The number of aromatic nitrogens is 1. The zero-order valence-electron chi connectivity index (χ0n) is 13.9. The summed E-state index contributed by atoms with van der Waals surface area (Å²) < 4.78 is 5.63. The average molecular weight is 346 g/mol. The number of halogens is 1. The van der Waals surface area contributed by atoms with Crippen LogP contribution in [-0.4, -0.2) is 35.6 Å². The Kier molecular flexibility index (Phi) is 4.88. The van der Waals surface area contributed by atoms with Gasteiger partial charge in [0.2, 0.25) is 5.89 Å². The van der Waals surface area contributed by atoms with Gasteiger partial charge in [0, 0.05) is 36.3 Å². The summed E-state index contributed by atoms with van der Waals surface area (Å²) in [5.41, 5.74) is 1.92. The molecule has 4 rings (SSSR count). The van der Waals surface area contributed by atoms with Crippen LogP contribution in [0.15, 0.2) is 34.9 Å². The number of likely N-dealkylation sites (tertiary alicyclic amines) is 1. The zero-order chi connectivity index (χ0) is 16.4. The Morgan fingerprint density at radius 1 is 1.21 bits per heavy atom. The van der Waals surface area contributed by atoms with E-state index in [2.05, 4.69) is 15.2 Å². The second-order valence-corrected chi connectivity index (χ2v) is 7.49. The normalized spacial score (nSPS) is 19.7. The third-order valence-electron chi connectivity index (χ3n) is 4.99. The molecule has 2 fully saturated rings. The highest BCUT2D eigenvalue weighted by atomic mass is 35.5. The first-order valence-corrected chi connectivity index (χ1v) is 9.30. The molecule has 128 valence electrons. The van der Waals surface area contributed by atoms with Crippen LogP contribution in [0.5, 0.6) is 0 Å². The maximum Gasteiger partial charge on any atom is 0.226 e. The van der Waals surface area contributed by atoms with Crippen molar-refractivity contribution in [2.24, 2.45) is 5.92 Å². The fourth-order valence-corrected chi connectivity index (χ4v) is 3.50. The number of oxazole rings is 1. The minimum absolute atomic E-state index is 0.647. The Morgan fingerprint density at radius 2 is 2.04 bits per heavy atom. The molecule has 1 saturated carbocycles. The number of rotatable bonds is 6. The van der Waals surface area contributed by atoms with E-state index in [-0.39, 0.29) is 0 Å². The van der Waals surface area contributed by atoms with Crippen molar-refractivity contribution in [1.82, 2.24) is 15.2 Å². The van der Waals surface area contributed by atoms with Crippen LogP contribution < -0.4 is 5.32 Å². The molecule has 0 spiro atoms. The van der Waals surface area contributed by atoms with Gasteiger partial charge in [0.1, 0.15) is 6.26 Å². The van der Waals surface area contributed by atoms with Crippen molar-refractivity contribution in [1.29, 1.82) is 0 Å². The van der Waals surface area contributed by atoms with Crippen molar-refractivity contribution in [3.05, 3.63) is 41.2 Å². The van der Waals surface area contributed by atoms with Crippen molar-refractivity contribution in [3.63, 3.8) is 0 Å². The van der Waals surface area contributed by atoms with Gasteiger partial charge in [-0.1, -0.05) is 17.7 Å². The molecule has 2 heterocycles. The van der Waals surface area contributed by atoms with E-state index in [9.17, 15) is 0 Å². The highest BCUT2D eigenvalue weighted by molar-refractivity contribution is 6.30. The number of nitrogens with one attached hydrogen (secondary N) is 1. The van der Waals surface area contributed by atoms with Gasteiger partial charge in [-0.3, -0.25) is 4.90 Å². The Balaban J connectivity index is 1.28. The van der Waals surface area contributed by atoms with E-state index in [1.54, 1.807) is 6.26 Å². The first-order valence-electron chi connectivity index (χ1n) is 8.92. The van der Waals surface area contributed by atoms with Crippen LogP contribution in [0.1, 0.15) is 31.4 Å². The molecular formula is C19H24ClN3O. The fourth-order valence-electron chi connectivity index (χ4n) is 3.31. The largest absolute Gasteiger partial charge is 0.444 e. The molecule has 2 aliphatic rings. The third-order valence-corrected chi connectivity index (χ3v) is 5.22. The number of hydrogen-bond acceptors (Lipinski definition) is 4. The minimum Gasteiger partial charge on any atom is -0.444 e. The number of hydrogen-bond donors (Lipinski definition) is 1. The van der Waals surface area contributed by atoms with Gasteiger partial charge in [-0.2, -0.15) is 0 Å². The van der Waals surface area contributed by atoms with E-state index in [1.165, 1.54) is 32.2 Å². The summed E-state index contributed by atoms with van der Waals surface area (Å²) in [6.45, 7) is 4.33. The van der Waals surface area contributed by atoms with Gasteiger partial charge in [-0.25, -0.2) is 4.98 Å². The molecule has 1 N–H and O–H groups in total. The molecule has 1 aromatic carbocycles. The first kappa shape index (κ1) is 16.1. The van der Waals surface area contributed by atoms with Gasteiger partial charge in [0.05, 0.1) is 5.69 Å². The van der Waals surface area contributed by atoms with Crippen LogP contribution in [0, 0.1) is 5.92 Å². The van der Waals surface area contributed by atoms with Gasteiger partial charge >= 0.3 is 0 Å². The molecule has 0 amide bonds. The van der Waals surface area contributed by atoms with E-state index in [0.29, 0.717) is 17.0 Å². The number of benzene rings is 1. The van der Waals surface area contributed by atoms with E-state index < -0.39 is 0 Å². The van der Waals surface area contributed by atoms with Gasteiger partial charge in [-0.05, 0) is 56.3 Å². The van der Waals surface area contributed by atoms with E-state index in [1.807, 2.05) is 24.3 Å². The average Bonchev–Trinajstić information content (AvgIpc) is 3.31. The van der Waals surface area contributed by atoms with Crippen LogP contribution in [0.25, 0.3) is 11.5 Å². The molecular weight excluding hydrogens is 322 g/mol. The summed E-state index contributed by atoms with van der Waals surface area (Å²) in [6.07, 6.45) is 7.07. The number of piperidine rings is 1. The lowest BCUT2D eigenvalue weighted by molar-refractivity contribution is 0.188. The molecule has 1 aliphatic carbocycles. The van der Waals surface area contributed by atoms with Gasteiger partial charge in [0.15, 0.2) is 0 Å². The fraction of sp³-hybridized carbons (Fsp3) is 0.526. The second-order valence-electron chi connectivity index (χ2n) is 7.06. The highest BCUT2D eigenvalue weighted by Gasteiger charge is 2.24. The highest BCUT2D eigenvalue weighted by Crippen LogP contribution is 2.28. The molecule has 1 aromatic heterocycles. The molecule has 24 heavy (non-hydrogen) atoms. The van der Waals surface area contributed by atoms with Crippen LogP contribution in [0.4, 0.5) is 0 Å². The first-order chi connectivity index (χ1) is 11.8. The molecule has 5 heteroatoms. The lowest BCUT2D eigenvalue weighted by Crippen LogP contribution is -2.42.